The second kappa shape index (κ2) is 7.88. The third-order valence-electron chi connectivity index (χ3n) is 4.12. The lowest BCUT2D eigenvalue weighted by Gasteiger charge is -2.20. The summed E-state index contributed by atoms with van der Waals surface area (Å²) in [5, 5.41) is 3.42. The van der Waals surface area contributed by atoms with Crippen LogP contribution >= 0.6 is 11.6 Å². The molecule has 1 aliphatic rings. The molecule has 2 amide bonds. The fraction of sp³-hybridized carbons (Fsp3) is 0.300. The first-order valence-electron chi connectivity index (χ1n) is 8.64. The number of rotatable bonds is 4. The van der Waals surface area contributed by atoms with Crippen molar-refractivity contribution in [1.82, 2.24) is 5.32 Å². The second-order valence-corrected chi connectivity index (χ2v) is 7.08. The lowest BCUT2D eigenvalue weighted by Crippen LogP contribution is -2.40. The SMILES string of the molecule is CC(C)NC(=O)N(C)c1ccc(OC(=O)C2Cc3cc(Cl)ccc3O2)cc1. The average Bonchev–Trinajstić information content (AvgIpc) is 3.04. The molecule has 1 N–H and O–H groups in total. The first kappa shape index (κ1) is 19.0. The van der Waals surface area contributed by atoms with Gasteiger partial charge in [0, 0.05) is 30.2 Å². The van der Waals surface area contributed by atoms with E-state index in [4.69, 9.17) is 21.1 Å². The molecule has 6 nitrogen and oxygen atoms in total. The van der Waals surface area contributed by atoms with E-state index in [0.717, 1.165) is 5.56 Å². The molecule has 0 aromatic heterocycles. The molecule has 2 aromatic rings. The molecular formula is C20H21ClN2O4. The quantitative estimate of drug-likeness (QED) is 0.639. The van der Waals surface area contributed by atoms with Crippen LogP contribution in [0.15, 0.2) is 42.5 Å². The van der Waals surface area contributed by atoms with Crippen molar-refractivity contribution in [2.75, 3.05) is 11.9 Å². The molecule has 0 fully saturated rings. The number of halogens is 1. The number of anilines is 1. The van der Waals surface area contributed by atoms with Crippen LogP contribution in [0, 0.1) is 0 Å². The minimum atomic E-state index is -0.697. The van der Waals surface area contributed by atoms with Gasteiger partial charge >= 0.3 is 12.0 Å². The van der Waals surface area contributed by atoms with Gasteiger partial charge in [0.2, 0.25) is 0 Å². The monoisotopic (exact) mass is 388 g/mol. The van der Waals surface area contributed by atoms with Gasteiger partial charge in [0.1, 0.15) is 11.5 Å². The number of ether oxygens (including phenoxy) is 2. The molecule has 1 unspecified atom stereocenters. The van der Waals surface area contributed by atoms with Crippen molar-refractivity contribution in [2.24, 2.45) is 0 Å². The number of benzene rings is 2. The van der Waals surface area contributed by atoms with Crippen LogP contribution in [0.3, 0.4) is 0 Å². The Balaban J connectivity index is 1.60. The molecule has 0 spiro atoms. The predicted octanol–water partition coefficient (Wildman–Crippen LogP) is 3.80. The minimum absolute atomic E-state index is 0.0468. The van der Waals surface area contributed by atoms with Crippen LogP contribution in [0.4, 0.5) is 10.5 Å². The van der Waals surface area contributed by atoms with Crippen molar-refractivity contribution >= 4 is 29.3 Å². The Morgan fingerprint density at radius 2 is 1.93 bits per heavy atom. The number of nitrogens with zero attached hydrogens (tertiary/aromatic N) is 1. The first-order valence-corrected chi connectivity index (χ1v) is 9.02. The number of esters is 1. The predicted molar refractivity (Wildman–Crippen MR) is 104 cm³/mol. The van der Waals surface area contributed by atoms with E-state index in [1.165, 1.54) is 4.90 Å². The van der Waals surface area contributed by atoms with Gasteiger partial charge in [0.05, 0.1) is 0 Å². The van der Waals surface area contributed by atoms with E-state index in [9.17, 15) is 9.59 Å². The molecule has 1 aliphatic heterocycles. The summed E-state index contributed by atoms with van der Waals surface area (Å²) in [6, 6.07) is 11.8. The molecule has 3 rings (SSSR count). The fourth-order valence-electron chi connectivity index (χ4n) is 2.73. The third-order valence-corrected chi connectivity index (χ3v) is 4.35. The molecule has 0 saturated carbocycles. The van der Waals surface area contributed by atoms with E-state index < -0.39 is 12.1 Å². The smallest absolute Gasteiger partial charge is 0.353 e. The maximum Gasteiger partial charge on any atom is 0.353 e. The Labute approximate surface area is 163 Å². The summed E-state index contributed by atoms with van der Waals surface area (Å²) in [5.74, 6) is 0.564. The van der Waals surface area contributed by atoms with Gasteiger partial charge < -0.3 is 14.8 Å². The van der Waals surface area contributed by atoms with Crippen LogP contribution in [-0.2, 0) is 11.2 Å². The number of urea groups is 1. The molecule has 0 bridgehead atoms. The highest BCUT2D eigenvalue weighted by Crippen LogP contribution is 2.31. The summed E-state index contributed by atoms with van der Waals surface area (Å²) < 4.78 is 11.0. The molecule has 0 radical (unpaired) electrons. The summed E-state index contributed by atoms with van der Waals surface area (Å²) >= 11 is 5.97. The van der Waals surface area contributed by atoms with E-state index in [-0.39, 0.29) is 12.1 Å². The van der Waals surface area contributed by atoms with Crippen LogP contribution in [0.1, 0.15) is 19.4 Å². The van der Waals surface area contributed by atoms with Gasteiger partial charge in [0.15, 0.2) is 6.10 Å². The Hall–Kier alpha value is -2.73. The first-order chi connectivity index (χ1) is 12.8. The number of carbonyl (C=O) groups is 2. The highest BCUT2D eigenvalue weighted by molar-refractivity contribution is 6.30. The average molecular weight is 389 g/mol. The molecule has 27 heavy (non-hydrogen) atoms. The summed E-state index contributed by atoms with van der Waals surface area (Å²) in [7, 11) is 1.67. The van der Waals surface area contributed by atoms with E-state index in [0.29, 0.717) is 28.6 Å². The van der Waals surface area contributed by atoms with Crippen molar-refractivity contribution in [3.05, 3.63) is 53.1 Å². The van der Waals surface area contributed by atoms with Crippen LogP contribution < -0.4 is 19.7 Å². The fourth-order valence-corrected chi connectivity index (χ4v) is 2.92. The summed E-state index contributed by atoms with van der Waals surface area (Å²) in [6.45, 7) is 3.79. The van der Waals surface area contributed by atoms with E-state index >= 15 is 0 Å². The van der Waals surface area contributed by atoms with Crippen molar-refractivity contribution < 1.29 is 19.1 Å². The Bertz CT molecular complexity index is 852. The minimum Gasteiger partial charge on any atom is -0.478 e. The summed E-state index contributed by atoms with van der Waals surface area (Å²) in [6.07, 6.45) is -0.275. The van der Waals surface area contributed by atoms with Gasteiger partial charge in [-0.25, -0.2) is 9.59 Å². The number of fused-ring (bicyclic) bond motifs is 1. The van der Waals surface area contributed by atoms with Crippen molar-refractivity contribution in [3.8, 4) is 11.5 Å². The number of nitrogens with one attached hydrogen (secondary N) is 1. The van der Waals surface area contributed by atoms with Crippen LogP contribution in [0.25, 0.3) is 0 Å². The molecule has 1 atom stereocenters. The zero-order valence-corrected chi connectivity index (χ0v) is 16.1. The van der Waals surface area contributed by atoms with Gasteiger partial charge in [0.25, 0.3) is 0 Å². The maximum atomic E-state index is 12.4. The van der Waals surface area contributed by atoms with Crippen LogP contribution in [0.2, 0.25) is 5.02 Å². The molecule has 1 heterocycles. The Morgan fingerprint density at radius 1 is 1.22 bits per heavy atom. The van der Waals surface area contributed by atoms with Gasteiger partial charge in [-0.3, -0.25) is 4.90 Å². The molecule has 2 aromatic carbocycles. The molecule has 0 saturated heterocycles. The number of carbonyl (C=O) groups excluding carboxylic acids is 2. The van der Waals surface area contributed by atoms with Gasteiger partial charge in [-0.05, 0) is 61.9 Å². The second-order valence-electron chi connectivity index (χ2n) is 6.64. The van der Waals surface area contributed by atoms with E-state index in [1.807, 2.05) is 13.8 Å². The topological polar surface area (TPSA) is 67.9 Å². The maximum absolute atomic E-state index is 12.4. The zero-order chi connectivity index (χ0) is 19.6. The van der Waals surface area contributed by atoms with Crippen LogP contribution in [-0.4, -0.2) is 31.2 Å². The number of hydrogen-bond donors (Lipinski definition) is 1. The van der Waals surface area contributed by atoms with Gasteiger partial charge in [-0.15, -0.1) is 0 Å². The highest BCUT2D eigenvalue weighted by Gasteiger charge is 2.31. The number of amides is 2. The summed E-state index contributed by atoms with van der Waals surface area (Å²) in [4.78, 5) is 25.9. The van der Waals surface area contributed by atoms with E-state index in [2.05, 4.69) is 5.32 Å². The zero-order valence-electron chi connectivity index (χ0n) is 15.4. The third kappa shape index (κ3) is 4.52. The van der Waals surface area contributed by atoms with Gasteiger partial charge in [-0.2, -0.15) is 0 Å². The molecular weight excluding hydrogens is 368 g/mol. The number of hydrogen-bond acceptors (Lipinski definition) is 4. The highest BCUT2D eigenvalue weighted by atomic mass is 35.5. The van der Waals surface area contributed by atoms with Crippen molar-refractivity contribution in [3.63, 3.8) is 0 Å². The van der Waals surface area contributed by atoms with Crippen molar-refractivity contribution in [1.29, 1.82) is 0 Å². The van der Waals surface area contributed by atoms with E-state index in [1.54, 1.807) is 49.5 Å². The molecule has 142 valence electrons. The largest absolute Gasteiger partial charge is 0.478 e. The molecule has 0 aliphatic carbocycles. The van der Waals surface area contributed by atoms with Crippen LogP contribution in [0.5, 0.6) is 11.5 Å². The summed E-state index contributed by atoms with van der Waals surface area (Å²) in [5.41, 5.74) is 1.57. The standard InChI is InChI=1S/C20H21ClN2O4/c1-12(2)22-20(25)23(3)15-5-7-16(8-6-15)26-19(24)18-11-13-10-14(21)4-9-17(13)27-18/h4-10,12,18H,11H2,1-3H3,(H,22,25). The Kier molecular flexibility index (Phi) is 5.56. The van der Waals surface area contributed by atoms with Crippen molar-refractivity contribution in [2.45, 2.75) is 32.4 Å². The van der Waals surface area contributed by atoms with Gasteiger partial charge in [-0.1, -0.05) is 11.6 Å². The molecule has 7 heteroatoms. The lowest BCUT2D eigenvalue weighted by molar-refractivity contribution is -0.141. The lowest BCUT2D eigenvalue weighted by atomic mass is 10.1. The Morgan fingerprint density at radius 3 is 2.59 bits per heavy atom. The normalized spacial score (nSPS) is 15.1.